The smallest absolute Gasteiger partial charge is 0.249 e. The van der Waals surface area contributed by atoms with Crippen LogP contribution in [0, 0.1) is 17.1 Å². The maximum absolute atomic E-state index is 14.1. The molecule has 1 aromatic carbocycles. The molecule has 0 unspecified atom stereocenters. The van der Waals surface area contributed by atoms with Crippen LogP contribution in [0.5, 0.6) is 0 Å². The largest absolute Gasteiger partial charge is 0.256 e. The fourth-order valence-corrected chi connectivity index (χ4v) is 3.08. The van der Waals surface area contributed by atoms with Gasteiger partial charge in [-0.1, -0.05) is 12.1 Å². The minimum absolute atomic E-state index is 0.0334. The molecule has 0 aliphatic carbocycles. The third-order valence-corrected chi connectivity index (χ3v) is 4.40. The van der Waals surface area contributed by atoms with Gasteiger partial charge in [0.2, 0.25) is 10.0 Å². The lowest BCUT2D eigenvalue weighted by Gasteiger charge is -2.11. The Balaban J connectivity index is 1.93. The van der Waals surface area contributed by atoms with Crippen LogP contribution in [0.25, 0.3) is 0 Å². The molecule has 3 rings (SSSR count). The molecule has 120 valence electrons. The molecule has 0 spiro atoms. The predicted octanol–water partition coefficient (Wildman–Crippen LogP) is 1.69. The zero-order valence-corrected chi connectivity index (χ0v) is 12.5. The minimum atomic E-state index is -3.91. The van der Waals surface area contributed by atoms with Crippen molar-refractivity contribution in [3.05, 3.63) is 41.5 Å². The van der Waals surface area contributed by atoms with Crippen molar-refractivity contribution in [1.82, 2.24) is 14.8 Å². The zero-order chi connectivity index (χ0) is 16.6. The fraction of sp³-hybridized carbons (Fsp3) is 0.308. The van der Waals surface area contributed by atoms with Gasteiger partial charge in [0, 0.05) is 6.42 Å². The summed E-state index contributed by atoms with van der Waals surface area (Å²) in [5.41, 5.74) is 0.516. The number of hydrogen-bond donors (Lipinski definition) is 1. The molecule has 2 aromatic rings. The quantitative estimate of drug-likeness (QED) is 0.913. The summed E-state index contributed by atoms with van der Waals surface area (Å²) < 4.78 is 53.8. The highest BCUT2D eigenvalue weighted by molar-refractivity contribution is 7.92. The number of rotatable bonds is 4. The number of nitriles is 1. The molecule has 1 aromatic heterocycles. The number of anilines is 1. The Kier molecular flexibility index (Phi) is 3.73. The first-order chi connectivity index (χ1) is 10.9. The average Bonchev–Trinajstić information content (AvgIpc) is 2.98. The molecular formula is C13H11F2N5O2S. The van der Waals surface area contributed by atoms with Gasteiger partial charge < -0.3 is 0 Å². The summed E-state index contributed by atoms with van der Waals surface area (Å²) in [5.74, 6) is -1.56. The van der Waals surface area contributed by atoms with Crippen molar-refractivity contribution in [2.24, 2.45) is 0 Å². The molecule has 0 fully saturated rings. The van der Waals surface area contributed by atoms with Gasteiger partial charge in [-0.2, -0.15) is 10.2 Å². The molecule has 23 heavy (non-hydrogen) atoms. The lowest BCUT2D eigenvalue weighted by atomic mass is 10.0. The highest BCUT2D eigenvalue weighted by Crippen LogP contribution is 2.39. The summed E-state index contributed by atoms with van der Waals surface area (Å²) in [7, 11) is -3.91. The summed E-state index contributed by atoms with van der Waals surface area (Å²) >= 11 is 0. The first-order valence-electron chi connectivity index (χ1n) is 6.63. The van der Waals surface area contributed by atoms with Crippen LogP contribution in [0.2, 0.25) is 0 Å². The first-order valence-corrected chi connectivity index (χ1v) is 8.28. The van der Waals surface area contributed by atoms with Crippen LogP contribution in [-0.2, 0) is 10.0 Å². The Hall–Kier alpha value is -2.54. The van der Waals surface area contributed by atoms with E-state index in [2.05, 4.69) is 10.1 Å². The van der Waals surface area contributed by atoms with Crippen LogP contribution >= 0.6 is 0 Å². The highest BCUT2D eigenvalue weighted by atomic mass is 32.2. The lowest BCUT2D eigenvalue weighted by Crippen LogP contribution is -2.17. The van der Waals surface area contributed by atoms with Crippen LogP contribution in [0.4, 0.5) is 14.7 Å². The van der Waals surface area contributed by atoms with Crippen molar-refractivity contribution in [3.8, 4) is 6.07 Å². The molecule has 10 heteroatoms. The van der Waals surface area contributed by atoms with E-state index in [1.165, 1.54) is 29.0 Å². The van der Waals surface area contributed by atoms with E-state index in [1.54, 1.807) is 6.07 Å². The Morgan fingerprint density at radius 2 is 2.26 bits per heavy atom. The second-order valence-electron chi connectivity index (χ2n) is 5.03. The van der Waals surface area contributed by atoms with E-state index in [0.29, 0.717) is 5.56 Å². The second-order valence-corrected chi connectivity index (χ2v) is 6.75. The van der Waals surface area contributed by atoms with E-state index in [0.717, 1.165) is 0 Å². The first kappa shape index (κ1) is 15.4. The standard InChI is InChI=1S/C13H11F2N5O2S/c14-9-3-1-2-8(6-9)11-7-10(15)12-17-13(18-20(11)12)19-23(21,22)5-4-16/h1-3,6,10-11H,5,7H2,(H,18,19)/t10-,11-/m0/s1. The van der Waals surface area contributed by atoms with Gasteiger partial charge in [0.25, 0.3) is 5.95 Å². The molecular weight excluding hydrogens is 328 g/mol. The SMILES string of the molecule is N#CCS(=O)(=O)Nc1nc2n(n1)[C@H](c1cccc(F)c1)C[C@@H]2F. The van der Waals surface area contributed by atoms with Gasteiger partial charge in [-0.05, 0) is 17.7 Å². The molecule has 7 nitrogen and oxygen atoms in total. The van der Waals surface area contributed by atoms with E-state index in [-0.39, 0.29) is 18.2 Å². The molecule has 1 N–H and O–H groups in total. The van der Waals surface area contributed by atoms with E-state index in [1.807, 2.05) is 4.72 Å². The highest BCUT2D eigenvalue weighted by Gasteiger charge is 2.36. The topological polar surface area (TPSA) is 101 Å². The van der Waals surface area contributed by atoms with Crippen LogP contribution < -0.4 is 4.72 Å². The third kappa shape index (κ3) is 3.00. The second kappa shape index (κ2) is 5.58. The van der Waals surface area contributed by atoms with Gasteiger partial charge in [-0.3, -0.25) is 0 Å². The number of hydrogen-bond acceptors (Lipinski definition) is 5. The Labute approximate surface area is 130 Å². The molecule has 0 saturated heterocycles. The monoisotopic (exact) mass is 339 g/mol. The molecule has 0 radical (unpaired) electrons. The van der Waals surface area contributed by atoms with Crippen LogP contribution in [-0.4, -0.2) is 28.9 Å². The number of benzene rings is 1. The van der Waals surface area contributed by atoms with Crippen molar-refractivity contribution >= 4 is 16.0 Å². The maximum Gasteiger partial charge on any atom is 0.256 e. The summed E-state index contributed by atoms with van der Waals surface area (Å²) in [4.78, 5) is 3.82. The van der Waals surface area contributed by atoms with Gasteiger partial charge in [-0.25, -0.2) is 26.6 Å². The molecule has 2 atom stereocenters. The van der Waals surface area contributed by atoms with Gasteiger partial charge in [0.1, 0.15) is 5.82 Å². The zero-order valence-electron chi connectivity index (χ0n) is 11.6. The van der Waals surface area contributed by atoms with E-state index in [4.69, 9.17) is 5.26 Å². The Morgan fingerprint density at radius 1 is 1.48 bits per heavy atom. The minimum Gasteiger partial charge on any atom is -0.249 e. The van der Waals surface area contributed by atoms with Gasteiger partial charge in [0.15, 0.2) is 17.7 Å². The van der Waals surface area contributed by atoms with Crippen LogP contribution in [0.3, 0.4) is 0 Å². The molecule has 2 heterocycles. The Morgan fingerprint density at radius 3 is 2.96 bits per heavy atom. The number of sulfonamides is 1. The predicted molar refractivity (Wildman–Crippen MR) is 76.0 cm³/mol. The van der Waals surface area contributed by atoms with E-state index in [9.17, 15) is 17.2 Å². The van der Waals surface area contributed by atoms with Gasteiger partial charge in [-0.15, -0.1) is 5.10 Å². The molecule has 1 aliphatic heterocycles. The van der Waals surface area contributed by atoms with Crippen molar-refractivity contribution in [2.75, 3.05) is 10.5 Å². The van der Waals surface area contributed by atoms with Crippen molar-refractivity contribution in [3.63, 3.8) is 0 Å². The van der Waals surface area contributed by atoms with E-state index < -0.39 is 33.8 Å². The third-order valence-electron chi connectivity index (χ3n) is 3.40. The maximum atomic E-state index is 14.1. The van der Waals surface area contributed by atoms with Crippen LogP contribution in [0.15, 0.2) is 24.3 Å². The summed E-state index contributed by atoms with van der Waals surface area (Å²) in [6.07, 6.45) is -1.39. The lowest BCUT2D eigenvalue weighted by molar-refractivity contribution is 0.329. The molecule has 0 amide bonds. The van der Waals surface area contributed by atoms with Gasteiger partial charge >= 0.3 is 0 Å². The molecule has 0 bridgehead atoms. The van der Waals surface area contributed by atoms with Crippen molar-refractivity contribution in [2.45, 2.75) is 18.6 Å². The Bertz CT molecular complexity index is 890. The number of aromatic nitrogens is 3. The van der Waals surface area contributed by atoms with Crippen molar-refractivity contribution < 1.29 is 17.2 Å². The fourth-order valence-electron chi connectivity index (χ4n) is 2.47. The summed E-state index contributed by atoms with van der Waals surface area (Å²) in [6.45, 7) is 0. The van der Waals surface area contributed by atoms with Crippen LogP contribution in [0.1, 0.15) is 30.0 Å². The normalized spacial score (nSPS) is 20.0. The van der Waals surface area contributed by atoms with Crippen molar-refractivity contribution in [1.29, 1.82) is 5.26 Å². The number of fused-ring (bicyclic) bond motifs is 1. The number of nitrogens with one attached hydrogen (secondary N) is 1. The van der Waals surface area contributed by atoms with Gasteiger partial charge in [0.05, 0.1) is 12.1 Å². The summed E-state index contributed by atoms with van der Waals surface area (Å²) in [6, 6.07) is 6.61. The number of alkyl halides is 1. The molecule has 1 aliphatic rings. The molecule has 0 saturated carbocycles. The average molecular weight is 339 g/mol. The number of nitrogens with zero attached hydrogens (tertiary/aromatic N) is 4. The van der Waals surface area contributed by atoms with E-state index >= 15 is 0 Å². The number of halogens is 2. The summed E-state index contributed by atoms with van der Waals surface area (Å²) in [5, 5.41) is 12.4.